The zero-order valence-electron chi connectivity index (χ0n) is 10.3. The van der Waals surface area contributed by atoms with Crippen molar-refractivity contribution in [3.8, 4) is 0 Å². The summed E-state index contributed by atoms with van der Waals surface area (Å²) in [4.78, 5) is 11.7. The molecule has 1 unspecified atom stereocenters. The Hall–Kier alpha value is -1.56. The number of benzene rings is 1. The van der Waals surface area contributed by atoms with Gasteiger partial charge in [-0.2, -0.15) is 13.2 Å². The molecule has 104 valence electrons. The van der Waals surface area contributed by atoms with Crippen molar-refractivity contribution in [1.82, 2.24) is 5.32 Å². The summed E-state index contributed by atoms with van der Waals surface area (Å²) in [5.74, 6) is -0.760. The molecule has 1 aromatic rings. The lowest BCUT2D eigenvalue weighted by Crippen LogP contribution is -2.56. The van der Waals surface area contributed by atoms with Crippen molar-refractivity contribution in [2.75, 3.05) is 6.54 Å². The molecule has 0 spiro atoms. The van der Waals surface area contributed by atoms with E-state index >= 15 is 0 Å². The molecule has 0 aliphatic heterocycles. The lowest BCUT2D eigenvalue weighted by atomic mass is 9.76. The van der Waals surface area contributed by atoms with Gasteiger partial charge in [0.25, 0.3) is 0 Å². The predicted octanol–water partition coefficient (Wildman–Crippen LogP) is 1.86. The van der Waals surface area contributed by atoms with E-state index in [0.29, 0.717) is 12.0 Å². The average Bonchev–Trinajstić information content (AvgIpc) is 2.35. The Labute approximate surface area is 109 Å². The van der Waals surface area contributed by atoms with Gasteiger partial charge in [0, 0.05) is 0 Å². The summed E-state index contributed by atoms with van der Waals surface area (Å²) in [6.45, 7) is -1.23. The minimum atomic E-state index is -4.38. The lowest BCUT2D eigenvalue weighted by molar-refractivity contribution is -0.137. The number of carbonyl (C=O) groups is 1. The van der Waals surface area contributed by atoms with Gasteiger partial charge in [-0.05, 0) is 30.4 Å². The first kappa shape index (κ1) is 13.9. The Morgan fingerprint density at radius 3 is 2.68 bits per heavy atom. The van der Waals surface area contributed by atoms with Crippen LogP contribution in [-0.2, 0) is 16.8 Å². The number of nitrogens with one attached hydrogen (secondary N) is 1. The Balaban J connectivity index is 2.38. The normalized spacial score (nSPS) is 22.9. The van der Waals surface area contributed by atoms with E-state index in [0.717, 1.165) is 12.0 Å². The van der Waals surface area contributed by atoms with Crippen molar-refractivity contribution < 1.29 is 18.0 Å². The molecule has 1 atom stereocenters. The molecule has 19 heavy (non-hydrogen) atoms. The van der Waals surface area contributed by atoms with E-state index in [1.165, 1.54) is 0 Å². The van der Waals surface area contributed by atoms with Crippen molar-refractivity contribution in [3.63, 3.8) is 0 Å². The van der Waals surface area contributed by atoms with Gasteiger partial charge >= 0.3 is 6.18 Å². The second kappa shape index (κ2) is 4.85. The van der Waals surface area contributed by atoms with Gasteiger partial charge in [-0.25, -0.2) is 0 Å². The third kappa shape index (κ3) is 2.73. The van der Waals surface area contributed by atoms with Crippen molar-refractivity contribution in [2.45, 2.75) is 31.0 Å². The quantitative estimate of drug-likeness (QED) is 0.882. The molecule has 2 rings (SSSR count). The zero-order valence-corrected chi connectivity index (χ0v) is 10.3. The molecule has 1 aliphatic rings. The highest BCUT2D eigenvalue weighted by molar-refractivity contribution is 5.87. The minimum Gasteiger partial charge on any atom is -0.368 e. The van der Waals surface area contributed by atoms with E-state index in [9.17, 15) is 18.0 Å². The molecule has 0 aromatic heterocycles. The van der Waals surface area contributed by atoms with Gasteiger partial charge in [0.1, 0.15) is 5.54 Å². The molecule has 1 aromatic carbocycles. The van der Waals surface area contributed by atoms with Crippen LogP contribution in [0.5, 0.6) is 0 Å². The third-order valence-electron chi connectivity index (χ3n) is 3.49. The van der Waals surface area contributed by atoms with Crippen LogP contribution in [0.25, 0.3) is 0 Å². The van der Waals surface area contributed by atoms with E-state index in [-0.39, 0.29) is 6.42 Å². The number of hydrogen-bond acceptors (Lipinski definition) is 2. The summed E-state index contributed by atoms with van der Waals surface area (Å²) in [6, 6.07) is 7.00. The zero-order chi connectivity index (χ0) is 14.1. The summed E-state index contributed by atoms with van der Waals surface area (Å²) in [7, 11) is 0. The van der Waals surface area contributed by atoms with E-state index in [1.807, 2.05) is 6.07 Å². The standard InChI is InChI=1S/C13H15F3N2O/c14-13(15,16)8-18-12(11(17)19)7-3-5-9-4-1-2-6-10(9)12/h1-2,4,6,18H,3,5,7-8H2,(H2,17,19). The minimum absolute atomic E-state index is 0.287. The fourth-order valence-electron chi connectivity index (χ4n) is 2.61. The Kier molecular flexibility index (Phi) is 3.54. The smallest absolute Gasteiger partial charge is 0.368 e. The van der Waals surface area contributed by atoms with Gasteiger partial charge in [-0.15, -0.1) is 0 Å². The van der Waals surface area contributed by atoms with Crippen molar-refractivity contribution in [2.24, 2.45) is 5.73 Å². The molecule has 0 radical (unpaired) electrons. The van der Waals surface area contributed by atoms with Gasteiger partial charge < -0.3 is 5.73 Å². The number of amides is 1. The van der Waals surface area contributed by atoms with Crippen molar-refractivity contribution >= 4 is 5.91 Å². The maximum absolute atomic E-state index is 12.4. The molecule has 0 bridgehead atoms. The highest BCUT2D eigenvalue weighted by Gasteiger charge is 2.44. The maximum Gasteiger partial charge on any atom is 0.401 e. The topological polar surface area (TPSA) is 55.1 Å². The largest absolute Gasteiger partial charge is 0.401 e. The summed E-state index contributed by atoms with van der Waals surface area (Å²) >= 11 is 0. The summed E-state index contributed by atoms with van der Waals surface area (Å²) in [5, 5.41) is 2.33. The molecule has 0 saturated heterocycles. The Morgan fingerprint density at radius 2 is 2.05 bits per heavy atom. The summed E-state index contributed by atoms with van der Waals surface area (Å²) in [6.07, 6.45) is -2.71. The molecule has 1 aliphatic carbocycles. The summed E-state index contributed by atoms with van der Waals surface area (Å²) < 4.78 is 37.2. The van der Waals surface area contributed by atoms with Gasteiger partial charge in [0.2, 0.25) is 5.91 Å². The highest BCUT2D eigenvalue weighted by Crippen LogP contribution is 2.35. The van der Waals surface area contributed by atoms with Gasteiger partial charge in [0.05, 0.1) is 6.54 Å². The van der Waals surface area contributed by atoms with Crippen molar-refractivity contribution in [1.29, 1.82) is 0 Å². The monoisotopic (exact) mass is 272 g/mol. The SMILES string of the molecule is NC(=O)C1(NCC(F)(F)F)CCCc2ccccc21. The number of carbonyl (C=O) groups excluding carboxylic acids is 1. The van der Waals surface area contributed by atoms with Gasteiger partial charge in [0.15, 0.2) is 0 Å². The fraction of sp³-hybridized carbons (Fsp3) is 0.462. The Bertz CT molecular complexity index is 487. The molecule has 6 heteroatoms. The number of hydrogen-bond donors (Lipinski definition) is 2. The van der Waals surface area contributed by atoms with E-state index in [4.69, 9.17) is 5.73 Å². The van der Waals surface area contributed by atoms with Crippen LogP contribution in [0.4, 0.5) is 13.2 Å². The molecule has 0 saturated carbocycles. The average molecular weight is 272 g/mol. The van der Waals surface area contributed by atoms with Crippen LogP contribution in [0.3, 0.4) is 0 Å². The lowest BCUT2D eigenvalue weighted by Gasteiger charge is -2.37. The Morgan fingerprint density at radius 1 is 1.37 bits per heavy atom. The van der Waals surface area contributed by atoms with Crippen LogP contribution in [0.2, 0.25) is 0 Å². The number of aryl methyl sites for hydroxylation is 1. The molecule has 0 heterocycles. The first-order chi connectivity index (χ1) is 8.85. The number of halogens is 3. The highest BCUT2D eigenvalue weighted by atomic mass is 19.4. The van der Waals surface area contributed by atoms with Crippen LogP contribution >= 0.6 is 0 Å². The third-order valence-corrected chi connectivity index (χ3v) is 3.49. The van der Waals surface area contributed by atoms with Crippen LogP contribution in [0.1, 0.15) is 24.0 Å². The number of rotatable bonds is 3. The first-order valence-corrected chi connectivity index (χ1v) is 6.05. The van der Waals surface area contributed by atoms with Crippen LogP contribution in [0, 0.1) is 0 Å². The van der Waals surface area contributed by atoms with Crippen LogP contribution in [-0.4, -0.2) is 18.6 Å². The van der Waals surface area contributed by atoms with Gasteiger partial charge in [-0.1, -0.05) is 24.3 Å². The maximum atomic E-state index is 12.4. The second-order valence-corrected chi connectivity index (χ2v) is 4.75. The van der Waals surface area contributed by atoms with Crippen LogP contribution in [0.15, 0.2) is 24.3 Å². The molecule has 1 amide bonds. The number of fused-ring (bicyclic) bond motifs is 1. The number of primary amides is 1. The number of nitrogens with two attached hydrogens (primary N) is 1. The van der Waals surface area contributed by atoms with E-state index < -0.39 is 24.2 Å². The van der Waals surface area contributed by atoms with E-state index in [2.05, 4.69) is 5.32 Å². The predicted molar refractivity (Wildman–Crippen MR) is 64.3 cm³/mol. The van der Waals surface area contributed by atoms with Crippen molar-refractivity contribution in [3.05, 3.63) is 35.4 Å². The first-order valence-electron chi connectivity index (χ1n) is 6.05. The second-order valence-electron chi connectivity index (χ2n) is 4.75. The molecular formula is C13H15F3N2O. The van der Waals surface area contributed by atoms with Gasteiger partial charge in [-0.3, -0.25) is 10.1 Å². The van der Waals surface area contributed by atoms with Crippen LogP contribution < -0.4 is 11.1 Å². The van der Waals surface area contributed by atoms with E-state index in [1.54, 1.807) is 18.2 Å². The fourth-order valence-corrected chi connectivity index (χ4v) is 2.61. The summed E-state index contributed by atoms with van der Waals surface area (Å²) in [5.41, 5.74) is 5.41. The molecule has 3 nitrogen and oxygen atoms in total. The molecule has 0 fully saturated rings. The molecular weight excluding hydrogens is 257 g/mol. The molecule has 3 N–H and O–H groups in total. The number of alkyl halides is 3.